The SMILES string of the molecule is CCc1cc(N(C)C)c(C#N)c(=O)[nH]1. The van der Waals surface area contributed by atoms with Gasteiger partial charge in [0, 0.05) is 19.8 Å². The Morgan fingerprint density at radius 2 is 2.21 bits per heavy atom. The molecule has 1 aromatic rings. The van der Waals surface area contributed by atoms with Gasteiger partial charge in [-0.3, -0.25) is 4.79 Å². The summed E-state index contributed by atoms with van der Waals surface area (Å²) in [7, 11) is 3.63. The highest BCUT2D eigenvalue weighted by Crippen LogP contribution is 2.14. The van der Waals surface area contributed by atoms with Gasteiger partial charge in [-0.1, -0.05) is 6.92 Å². The topological polar surface area (TPSA) is 59.9 Å². The molecule has 0 atom stereocenters. The molecule has 1 heterocycles. The molecule has 4 nitrogen and oxygen atoms in total. The molecule has 0 aromatic carbocycles. The maximum absolute atomic E-state index is 11.5. The van der Waals surface area contributed by atoms with Crippen LogP contribution in [0.15, 0.2) is 10.9 Å². The van der Waals surface area contributed by atoms with E-state index in [0.717, 1.165) is 12.1 Å². The second-order valence-corrected chi connectivity index (χ2v) is 3.24. The van der Waals surface area contributed by atoms with E-state index in [1.54, 1.807) is 4.90 Å². The fraction of sp³-hybridized carbons (Fsp3) is 0.400. The monoisotopic (exact) mass is 191 g/mol. The Balaban J connectivity index is 3.46. The minimum absolute atomic E-state index is 0.173. The first kappa shape index (κ1) is 10.3. The van der Waals surface area contributed by atoms with E-state index >= 15 is 0 Å². The molecule has 0 spiro atoms. The van der Waals surface area contributed by atoms with Gasteiger partial charge in [0.2, 0.25) is 0 Å². The fourth-order valence-corrected chi connectivity index (χ4v) is 1.25. The Morgan fingerprint density at radius 3 is 2.64 bits per heavy atom. The van der Waals surface area contributed by atoms with Gasteiger partial charge in [0.15, 0.2) is 0 Å². The van der Waals surface area contributed by atoms with Crippen molar-refractivity contribution in [2.24, 2.45) is 0 Å². The van der Waals surface area contributed by atoms with E-state index in [4.69, 9.17) is 5.26 Å². The van der Waals surface area contributed by atoms with Crippen LogP contribution in [0.2, 0.25) is 0 Å². The second kappa shape index (κ2) is 3.97. The number of aromatic nitrogens is 1. The van der Waals surface area contributed by atoms with E-state index < -0.39 is 0 Å². The molecule has 0 saturated heterocycles. The van der Waals surface area contributed by atoms with Gasteiger partial charge in [-0.25, -0.2) is 0 Å². The lowest BCUT2D eigenvalue weighted by Crippen LogP contribution is -2.20. The number of aromatic amines is 1. The molecule has 1 N–H and O–H groups in total. The zero-order chi connectivity index (χ0) is 10.7. The lowest BCUT2D eigenvalue weighted by Gasteiger charge is -2.14. The molecular weight excluding hydrogens is 178 g/mol. The van der Waals surface area contributed by atoms with Gasteiger partial charge in [-0.15, -0.1) is 0 Å². The predicted octanol–water partition coefficient (Wildman–Crippen LogP) is 0.875. The average molecular weight is 191 g/mol. The summed E-state index contributed by atoms with van der Waals surface area (Å²) in [6, 6.07) is 3.74. The Bertz CT molecular complexity index is 426. The molecule has 1 aromatic heterocycles. The summed E-state index contributed by atoms with van der Waals surface area (Å²) in [5.74, 6) is 0. The van der Waals surface area contributed by atoms with Crippen molar-refractivity contribution < 1.29 is 0 Å². The first-order valence-electron chi connectivity index (χ1n) is 4.43. The van der Waals surface area contributed by atoms with Crippen LogP contribution in [0.4, 0.5) is 5.69 Å². The molecule has 0 unspecified atom stereocenters. The molecule has 74 valence electrons. The maximum Gasteiger partial charge on any atom is 0.268 e. The van der Waals surface area contributed by atoms with E-state index in [2.05, 4.69) is 4.98 Å². The van der Waals surface area contributed by atoms with Crippen LogP contribution >= 0.6 is 0 Å². The largest absolute Gasteiger partial charge is 0.376 e. The van der Waals surface area contributed by atoms with E-state index in [-0.39, 0.29) is 11.1 Å². The van der Waals surface area contributed by atoms with Crippen LogP contribution in [0, 0.1) is 11.3 Å². The van der Waals surface area contributed by atoms with Gasteiger partial charge in [0.1, 0.15) is 11.6 Å². The Kier molecular flexibility index (Phi) is 2.92. The first-order chi connectivity index (χ1) is 6.60. The molecule has 1 rings (SSSR count). The molecule has 0 aliphatic heterocycles. The lowest BCUT2D eigenvalue weighted by atomic mass is 10.2. The molecule has 14 heavy (non-hydrogen) atoms. The molecule has 0 radical (unpaired) electrons. The minimum Gasteiger partial charge on any atom is -0.376 e. The number of nitriles is 1. The van der Waals surface area contributed by atoms with Gasteiger partial charge in [0.05, 0.1) is 5.69 Å². The van der Waals surface area contributed by atoms with Crippen LogP contribution in [0.25, 0.3) is 0 Å². The normalized spacial score (nSPS) is 9.57. The van der Waals surface area contributed by atoms with E-state index in [0.29, 0.717) is 5.69 Å². The number of pyridine rings is 1. The van der Waals surface area contributed by atoms with Crippen molar-refractivity contribution in [2.45, 2.75) is 13.3 Å². The third-order valence-electron chi connectivity index (χ3n) is 2.04. The minimum atomic E-state index is -0.310. The van der Waals surface area contributed by atoms with Gasteiger partial charge in [0.25, 0.3) is 5.56 Å². The highest BCUT2D eigenvalue weighted by molar-refractivity contribution is 5.58. The number of anilines is 1. The van der Waals surface area contributed by atoms with Crippen LogP contribution in [-0.2, 0) is 6.42 Å². The predicted molar refractivity (Wildman–Crippen MR) is 55.5 cm³/mol. The Morgan fingerprint density at radius 1 is 1.57 bits per heavy atom. The summed E-state index contributed by atoms with van der Waals surface area (Å²) in [6.45, 7) is 1.96. The summed E-state index contributed by atoms with van der Waals surface area (Å²) in [6.07, 6.45) is 0.752. The molecule has 0 bridgehead atoms. The highest BCUT2D eigenvalue weighted by Gasteiger charge is 2.09. The zero-order valence-corrected chi connectivity index (χ0v) is 8.59. The van der Waals surface area contributed by atoms with Gasteiger partial charge in [-0.05, 0) is 12.5 Å². The fourth-order valence-electron chi connectivity index (χ4n) is 1.25. The third-order valence-corrected chi connectivity index (χ3v) is 2.04. The summed E-state index contributed by atoms with van der Waals surface area (Å²) in [5.41, 5.74) is 1.38. The maximum atomic E-state index is 11.5. The Hall–Kier alpha value is -1.76. The van der Waals surface area contributed by atoms with Crippen molar-refractivity contribution in [1.29, 1.82) is 5.26 Å². The zero-order valence-electron chi connectivity index (χ0n) is 8.59. The summed E-state index contributed by atoms with van der Waals surface area (Å²) in [5, 5.41) is 8.82. The van der Waals surface area contributed by atoms with Crippen molar-refractivity contribution in [3.05, 3.63) is 27.7 Å². The Labute approximate surface area is 82.8 Å². The lowest BCUT2D eigenvalue weighted by molar-refractivity contribution is 0.989. The number of H-pyrrole nitrogens is 1. The number of nitrogens with zero attached hydrogens (tertiary/aromatic N) is 2. The number of rotatable bonds is 2. The summed E-state index contributed by atoms with van der Waals surface area (Å²) < 4.78 is 0. The first-order valence-corrected chi connectivity index (χ1v) is 4.43. The number of hydrogen-bond acceptors (Lipinski definition) is 3. The second-order valence-electron chi connectivity index (χ2n) is 3.24. The van der Waals surface area contributed by atoms with Gasteiger partial charge >= 0.3 is 0 Å². The van der Waals surface area contributed by atoms with Crippen molar-refractivity contribution in [1.82, 2.24) is 4.98 Å². The number of nitrogens with one attached hydrogen (secondary N) is 1. The smallest absolute Gasteiger partial charge is 0.268 e. The van der Waals surface area contributed by atoms with Gasteiger partial charge in [-0.2, -0.15) is 5.26 Å². The molecule has 0 saturated carbocycles. The molecule has 4 heteroatoms. The van der Waals surface area contributed by atoms with Crippen LogP contribution in [0.1, 0.15) is 18.2 Å². The summed E-state index contributed by atoms with van der Waals surface area (Å²) in [4.78, 5) is 15.9. The van der Waals surface area contributed by atoms with Crippen LogP contribution < -0.4 is 10.5 Å². The van der Waals surface area contributed by atoms with Crippen LogP contribution in [0.3, 0.4) is 0 Å². The highest BCUT2D eigenvalue weighted by atomic mass is 16.1. The van der Waals surface area contributed by atoms with E-state index in [1.165, 1.54) is 0 Å². The molecule has 0 aliphatic rings. The third kappa shape index (κ3) is 1.77. The van der Waals surface area contributed by atoms with Gasteiger partial charge < -0.3 is 9.88 Å². The number of aryl methyl sites for hydroxylation is 1. The molecular formula is C10H13N3O. The summed E-state index contributed by atoms with van der Waals surface area (Å²) >= 11 is 0. The molecule has 0 fully saturated rings. The van der Waals surface area contributed by atoms with E-state index in [1.807, 2.05) is 33.2 Å². The van der Waals surface area contributed by atoms with Crippen molar-refractivity contribution in [3.8, 4) is 6.07 Å². The van der Waals surface area contributed by atoms with Crippen molar-refractivity contribution in [3.63, 3.8) is 0 Å². The quantitative estimate of drug-likeness (QED) is 0.754. The average Bonchev–Trinajstić information content (AvgIpc) is 2.16. The van der Waals surface area contributed by atoms with Crippen LogP contribution in [0.5, 0.6) is 0 Å². The number of hydrogen-bond donors (Lipinski definition) is 1. The molecule has 0 aliphatic carbocycles. The standard InChI is InChI=1S/C10H13N3O/c1-4-7-5-9(13(2)3)8(6-11)10(14)12-7/h5H,4H2,1-3H3,(H,12,14). The van der Waals surface area contributed by atoms with Crippen molar-refractivity contribution in [2.75, 3.05) is 19.0 Å². The van der Waals surface area contributed by atoms with Crippen LogP contribution in [-0.4, -0.2) is 19.1 Å². The van der Waals surface area contributed by atoms with E-state index in [9.17, 15) is 4.79 Å². The van der Waals surface area contributed by atoms with Crippen molar-refractivity contribution >= 4 is 5.69 Å². The molecule has 0 amide bonds.